The maximum absolute atomic E-state index is 13.1. The molecule has 0 spiro atoms. The van der Waals surface area contributed by atoms with Crippen molar-refractivity contribution in [2.24, 2.45) is 5.92 Å². The summed E-state index contributed by atoms with van der Waals surface area (Å²) in [5, 5.41) is 5.10. The van der Waals surface area contributed by atoms with Crippen molar-refractivity contribution >= 4 is 17.2 Å². The van der Waals surface area contributed by atoms with Crippen LogP contribution < -0.4 is 5.32 Å². The number of carbonyl (C=O) groups is 1. The molecule has 3 nitrogen and oxygen atoms in total. The van der Waals surface area contributed by atoms with Gasteiger partial charge in [0.05, 0.1) is 6.04 Å². The Hall–Kier alpha value is -1.72. The average Bonchev–Trinajstić information content (AvgIpc) is 3.08. The quantitative estimate of drug-likeness (QED) is 0.936. The van der Waals surface area contributed by atoms with E-state index in [2.05, 4.69) is 5.32 Å². The fraction of sp³-hybridized carbons (Fsp3) is 0.353. The van der Waals surface area contributed by atoms with Crippen LogP contribution in [0.3, 0.4) is 0 Å². The van der Waals surface area contributed by atoms with Crippen molar-refractivity contribution in [2.45, 2.75) is 18.9 Å². The third-order valence-corrected chi connectivity index (χ3v) is 4.85. The fourth-order valence-electron chi connectivity index (χ4n) is 2.65. The van der Waals surface area contributed by atoms with E-state index in [4.69, 9.17) is 4.74 Å². The first-order valence-corrected chi connectivity index (χ1v) is 8.29. The molecule has 1 saturated heterocycles. The van der Waals surface area contributed by atoms with Gasteiger partial charge in [-0.25, -0.2) is 4.39 Å². The van der Waals surface area contributed by atoms with E-state index in [0.717, 1.165) is 23.3 Å². The minimum absolute atomic E-state index is 0.00309. The number of nitrogens with one attached hydrogen (secondary N) is 1. The highest BCUT2D eigenvalue weighted by atomic mass is 32.1. The predicted molar refractivity (Wildman–Crippen MR) is 84.2 cm³/mol. The topological polar surface area (TPSA) is 38.3 Å². The maximum atomic E-state index is 13.1. The molecule has 2 heterocycles. The Morgan fingerprint density at radius 1 is 1.23 bits per heavy atom. The van der Waals surface area contributed by atoms with Gasteiger partial charge in [0.2, 0.25) is 5.91 Å². The fourth-order valence-corrected chi connectivity index (χ4v) is 3.45. The number of rotatable bonds is 4. The molecule has 1 N–H and O–H groups in total. The van der Waals surface area contributed by atoms with Crippen molar-refractivity contribution in [1.29, 1.82) is 0 Å². The van der Waals surface area contributed by atoms with Gasteiger partial charge < -0.3 is 10.1 Å². The van der Waals surface area contributed by atoms with Gasteiger partial charge in [0, 0.05) is 24.0 Å². The molecule has 0 saturated carbocycles. The predicted octanol–water partition coefficient (Wildman–Crippen LogP) is 3.52. The van der Waals surface area contributed by atoms with Gasteiger partial charge in [-0.1, -0.05) is 18.2 Å². The second-order valence-corrected chi connectivity index (χ2v) is 6.37. The second kappa shape index (κ2) is 7.03. The summed E-state index contributed by atoms with van der Waals surface area (Å²) in [5.41, 5.74) is 0.893. The summed E-state index contributed by atoms with van der Waals surface area (Å²) < 4.78 is 18.5. The van der Waals surface area contributed by atoms with E-state index in [9.17, 15) is 9.18 Å². The molecule has 22 heavy (non-hydrogen) atoms. The molecular formula is C17H18FNO2S. The number of hydrogen-bond acceptors (Lipinski definition) is 3. The first-order valence-electron chi connectivity index (χ1n) is 7.41. The summed E-state index contributed by atoms with van der Waals surface area (Å²) in [6.45, 7) is 1.27. The molecule has 0 radical (unpaired) electrons. The first kappa shape index (κ1) is 15.2. The monoisotopic (exact) mass is 319 g/mol. The molecule has 0 bridgehead atoms. The summed E-state index contributed by atoms with van der Waals surface area (Å²) in [4.78, 5) is 13.6. The lowest BCUT2D eigenvalue weighted by atomic mass is 9.97. The molecule has 2 aromatic rings. The number of carbonyl (C=O) groups excluding carboxylic acids is 1. The van der Waals surface area contributed by atoms with Crippen LogP contribution in [0.1, 0.15) is 29.3 Å². The number of thiophene rings is 1. The number of amides is 1. The maximum Gasteiger partial charge on any atom is 0.224 e. The minimum Gasteiger partial charge on any atom is -0.381 e. The lowest BCUT2D eigenvalue weighted by Crippen LogP contribution is -2.36. The zero-order valence-corrected chi connectivity index (χ0v) is 12.9. The van der Waals surface area contributed by atoms with E-state index in [-0.39, 0.29) is 23.7 Å². The van der Waals surface area contributed by atoms with Crippen LogP contribution in [0, 0.1) is 11.7 Å². The summed E-state index contributed by atoms with van der Waals surface area (Å²) >= 11 is 1.59. The zero-order valence-electron chi connectivity index (χ0n) is 12.1. The Bertz CT molecular complexity index is 606. The first-order chi connectivity index (χ1) is 10.7. The van der Waals surface area contributed by atoms with Gasteiger partial charge in [-0.3, -0.25) is 4.79 Å². The van der Waals surface area contributed by atoms with Crippen molar-refractivity contribution in [1.82, 2.24) is 5.32 Å². The lowest BCUT2D eigenvalue weighted by Gasteiger charge is -2.25. The van der Waals surface area contributed by atoms with Crippen LogP contribution in [0.15, 0.2) is 41.8 Å². The van der Waals surface area contributed by atoms with Crippen molar-refractivity contribution in [3.05, 3.63) is 58.0 Å². The number of benzene rings is 1. The highest BCUT2D eigenvalue weighted by Gasteiger charge is 2.25. The molecule has 1 aromatic carbocycles. The van der Waals surface area contributed by atoms with E-state index in [0.29, 0.717) is 13.2 Å². The van der Waals surface area contributed by atoms with Gasteiger partial charge >= 0.3 is 0 Å². The molecule has 1 aromatic heterocycles. The molecule has 0 aliphatic carbocycles. The Balaban J connectivity index is 1.79. The number of halogens is 1. The molecule has 1 atom stereocenters. The molecule has 1 aliphatic rings. The van der Waals surface area contributed by atoms with Crippen LogP contribution in [0.4, 0.5) is 4.39 Å². The molecule has 1 fully saturated rings. The molecule has 1 aliphatic heterocycles. The smallest absolute Gasteiger partial charge is 0.224 e. The molecular weight excluding hydrogens is 301 g/mol. The minimum atomic E-state index is -0.274. The van der Waals surface area contributed by atoms with Crippen LogP contribution in [0.2, 0.25) is 0 Å². The van der Waals surface area contributed by atoms with E-state index >= 15 is 0 Å². The van der Waals surface area contributed by atoms with E-state index in [1.165, 1.54) is 12.1 Å². The van der Waals surface area contributed by atoms with Crippen LogP contribution in [0.5, 0.6) is 0 Å². The Morgan fingerprint density at radius 3 is 2.59 bits per heavy atom. The van der Waals surface area contributed by atoms with Crippen molar-refractivity contribution in [3.8, 4) is 0 Å². The normalized spacial score (nSPS) is 17.1. The van der Waals surface area contributed by atoms with Gasteiger partial charge in [-0.05, 0) is 42.0 Å². The zero-order chi connectivity index (χ0) is 15.4. The Morgan fingerprint density at radius 2 is 1.95 bits per heavy atom. The molecule has 1 amide bonds. The second-order valence-electron chi connectivity index (χ2n) is 5.40. The summed E-state index contributed by atoms with van der Waals surface area (Å²) in [6.07, 6.45) is 1.51. The van der Waals surface area contributed by atoms with E-state index in [1.807, 2.05) is 17.5 Å². The van der Waals surface area contributed by atoms with Gasteiger partial charge in [0.1, 0.15) is 5.82 Å². The van der Waals surface area contributed by atoms with Crippen molar-refractivity contribution < 1.29 is 13.9 Å². The standard InChI is InChI=1S/C17H18FNO2S/c18-14-5-3-12(4-6-14)16(15-2-1-11-22-15)19-17(20)13-7-9-21-10-8-13/h1-6,11,13,16H,7-10H2,(H,19,20). The summed E-state index contributed by atoms with van der Waals surface area (Å²) in [6, 6.07) is 10.0. The van der Waals surface area contributed by atoms with Crippen LogP contribution in [-0.2, 0) is 9.53 Å². The average molecular weight is 319 g/mol. The third-order valence-electron chi connectivity index (χ3n) is 3.91. The SMILES string of the molecule is O=C(NC(c1ccc(F)cc1)c1cccs1)C1CCOCC1. The molecule has 1 unspecified atom stereocenters. The van der Waals surface area contributed by atoms with Crippen LogP contribution >= 0.6 is 11.3 Å². The molecule has 5 heteroatoms. The van der Waals surface area contributed by atoms with Gasteiger partial charge in [0.15, 0.2) is 0 Å². The molecule has 3 rings (SSSR count). The molecule has 116 valence electrons. The van der Waals surface area contributed by atoms with E-state index < -0.39 is 0 Å². The number of ether oxygens (including phenoxy) is 1. The van der Waals surface area contributed by atoms with Crippen LogP contribution in [0.25, 0.3) is 0 Å². The Kier molecular flexibility index (Phi) is 4.85. The summed E-state index contributed by atoms with van der Waals surface area (Å²) in [7, 11) is 0. The van der Waals surface area contributed by atoms with Crippen molar-refractivity contribution in [2.75, 3.05) is 13.2 Å². The van der Waals surface area contributed by atoms with Gasteiger partial charge in [-0.2, -0.15) is 0 Å². The highest BCUT2D eigenvalue weighted by molar-refractivity contribution is 7.10. The van der Waals surface area contributed by atoms with E-state index in [1.54, 1.807) is 23.5 Å². The Labute approximate surface area is 133 Å². The van der Waals surface area contributed by atoms with Crippen LogP contribution in [-0.4, -0.2) is 19.1 Å². The number of hydrogen-bond donors (Lipinski definition) is 1. The lowest BCUT2D eigenvalue weighted by molar-refractivity contribution is -0.128. The summed E-state index contributed by atoms with van der Waals surface area (Å²) in [5.74, 6) is -0.230. The van der Waals surface area contributed by atoms with Crippen molar-refractivity contribution in [3.63, 3.8) is 0 Å². The van der Waals surface area contributed by atoms with Gasteiger partial charge in [0.25, 0.3) is 0 Å². The third kappa shape index (κ3) is 3.54. The van der Waals surface area contributed by atoms with Gasteiger partial charge in [-0.15, -0.1) is 11.3 Å². The highest BCUT2D eigenvalue weighted by Crippen LogP contribution is 2.27. The largest absolute Gasteiger partial charge is 0.381 e.